The van der Waals surface area contributed by atoms with Crippen molar-refractivity contribution in [3.8, 4) is 6.07 Å². The molecule has 18 heavy (non-hydrogen) atoms. The number of nitrogens with zero attached hydrogens (tertiary/aromatic N) is 2. The molecule has 1 heterocycles. The van der Waals surface area contributed by atoms with Gasteiger partial charge in [0.15, 0.2) is 0 Å². The summed E-state index contributed by atoms with van der Waals surface area (Å²) in [5, 5.41) is 8.97. The molecule has 94 valence electrons. The van der Waals surface area contributed by atoms with Crippen LogP contribution < -0.4 is 0 Å². The van der Waals surface area contributed by atoms with E-state index < -0.39 is 0 Å². The zero-order valence-corrected chi connectivity index (χ0v) is 10.1. The van der Waals surface area contributed by atoms with Crippen LogP contribution in [0.15, 0.2) is 18.2 Å². The Bertz CT molecular complexity index is 473. The van der Waals surface area contributed by atoms with Gasteiger partial charge in [-0.25, -0.2) is 4.39 Å². The van der Waals surface area contributed by atoms with Crippen LogP contribution in [0.5, 0.6) is 0 Å². The highest BCUT2D eigenvalue weighted by molar-refractivity contribution is 5.53. The van der Waals surface area contributed by atoms with Crippen LogP contribution in [0, 0.1) is 23.1 Å². The van der Waals surface area contributed by atoms with E-state index in [4.69, 9.17) is 5.26 Å². The summed E-state index contributed by atoms with van der Waals surface area (Å²) in [5.74, 6) is -0.208. The van der Waals surface area contributed by atoms with Gasteiger partial charge in [0, 0.05) is 12.5 Å². The molecule has 0 amide bonds. The fourth-order valence-electron chi connectivity index (χ4n) is 2.28. The molecule has 1 aromatic rings. The Morgan fingerprint density at radius 1 is 1.44 bits per heavy atom. The second kappa shape index (κ2) is 5.74. The zero-order chi connectivity index (χ0) is 13.0. The second-order valence-electron chi connectivity index (χ2n) is 4.66. The molecule has 0 aliphatic carbocycles. The van der Waals surface area contributed by atoms with Crippen molar-refractivity contribution in [1.29, 1.82) is 5.26 Å². The van der Waals surface area contributed by atoms with Crippen LogP contribution in [0.4, 0.5) is 4.39 Å². The molecule has 4 heteroatoms. The summed E-state index contributed by atoms with van der Waals surface area (Å²) in [6, 6.07) is 6.34. The van der Waals surface area contributed by atoms with Crippen molar-refractivity contribution in [3.05, 3.63) is 35.1 Å². The third-order valence-corrected chi connectivity index (χ3v) is 3.41. The summed E-state index contributed by atoms with van der Waals surface area (Å²) in [7, 11) is 0. The summed E-state index contributed by atoms with van der Waals surface area (Å²) < 4.78 is 13.0. The van der Waals surface area contributed by atoms with E-state index >= 15 is 0 Å². The quantitative estimate of drug-likeness (QED) is 0.767. The number of hydrogen-bond donors (Lipinski definition) is 0. The first-order valence-electron chi connectivity index (χ1n) is 6.09. The molecule has 1 saturated heterocycles. The lowest BCUT2D eigenvalue weighted by Gasteiger charge is -2.29. The molecule has 0 atom stereocenters. The Labute approximate surface area is 106 Å². The molecule has 1 aliphatic heterocycles. The lowest BCUT2D eigenvalue weighted by molar-refractivity contribution is -0.112. The van der Waals surface area contributed by atoms with Crippen molar-refractivity contribution in [2.24, 2.45) is 5.92 Å². The van der Waals surface area contributed by atoms with Crippen LogP contribution in [0.2, 0.25) is 0 Å². The van der Waals surface area contributed by atoms with Crippen LogP contribution in [-0.2, 0) is 11.3 Å². The van der Waals surface area contributed by atoms with Gasteiger partial charge in [-0.2, -0.15) is 5.26 Å². The smallest absolute Gasteiger partial charge is 0.124 e. The maximum Gasteiger partial charge on any atom is 0.124 e. The number of rotatable bonds is 3. The minimum absolute atomic E-state index is 0.171. The highest BCUT2D eigenvalue weighted by Crippen LogP contribution is 2.19. The van der Waals surface area contributed by atoms with E-state index in [1.165, 1.54) is 12.1 Å². The van der Waals surface area contributed by atoms with Gasteiger partial charge < -0.3 is 4.79 Å². The first-order valence-corrected chi connectivity index (χ1v) is 6.09. The van der Waals surface area contributed by atoms with Crippen LogP contribution in [0.1, 0.15) is 24.0 Å². The minimum atomic E-state index is -0.380. The SMILES string of the molecule is N#Cc1cc(F)ccc1CN1CCC(C=O)CC1. The second-order valence-corrected chi connectivity index (χ2v) is 4.66. The van der Waals surface area contributed by atoms with Crippen molar-refractivity contribution in [1.82, 2.24) is 4.90 Å². The van der Waals surface area contributed by atoms with E-state index in [1.54, 1.807) is 6.07 Å². The van der Waals surface area contributed by atoms with E-state index in [0.717, 1.165) is 37.8 Å². The molecule has 0 N–H and O–H groups in total. The standard InChI is InChI=1S/C14H15FN2O/c15-14-2-1-12(13(7-14)8-16)9-17-5-3-11(10-18)4-6-17/h1-2,7,10-11H,3-6,9H2. The molecular formula is C14H15FN2O. The molecule has 1 aliphatic rings. The fourth-order valence-corrected chi connectivity index (χ4v) is 2.28. The van der Waals surface area contributed by atoms with Crippen LogP contribution in [0.3, 0.4) is 0 Å². The first kappa shape index (κ1) is 12.7. The molecule has 0 aromatic heterocycles. The number of aldehydes is 1. The number of piperidine rings is 1. The molecular weight excluding hydrogens is 231 g/mol. The summed E-state index contributed by atoms with van der Waals surface area (Å²) in [6.07, 6.45) is 2.76. The predicted molar refractivity (Wildman–Crippen MR) is 65.2 cm³/mol. The first-order chi connectivity index (χ1) is 8.72. The van der Waals surface area contributed by atoms with E-state index in [0.29, 0.717) is 12.1 Å². The Balaban J connectivity index is 2.02. The Morgan fingerprint density at radius 3 is 2.78 bits per heavy atom. The normalized spacial score (nSPS) is 17.3. The van der Waals surface area contributed by atoms with Gasteiger partial charge in [0.2, 0.25) is 0 Å². The Morgan fingerprint density at radius 2 is 2.17 bits per heavy atom. The summed E-state index contributed by atoms with van der Waals surface area (Å²) >= 11 is 0. The number of hydrogen-bond acceptors (Lipinski definition) is 3. The lowest BCUT2D eigenvalue weighted by atomic mass is 9.98. The molecule has 1 fully saturated rings. The zero-order valence-electron chi connectivity index (χ0n) is 10.1. The minimum Gasteiger partial charge on any atom is -0.303 e. The van der Waals surface area contributed by atoms with Gasteiger partial charge in [-0.3, -0.25) is 4.90 Å². The monoisotopic (exact) mass is 246 g/mol. The van der Waals surface area contributed by atoms with E-state index in [9.17, 15) is 9.18 Å². The number of carbonyl (C=O) groups is 1. The van der Waals surface area contributed by atoms with Crippen LogP contribution in [0.25, 0.3) is 0 Å². The molecule has 0 radical (unpaired) electrons. The van der Waals surface area contributed by atoms with Crippen molar-refractivity contribution in [2.75, 3.05) is 13.1 Å². The van der Waals surface area contributed by atoms with Crippen molar-refractivity contribution >= 4 is 6.29 Å². The average molecular weight is 246 g/mol. The molecule has 3 nitrogen and oxygen atoms in total. The number of benzene rings is 1. The van der Waals surface area contributed by atoms with Crippen molar-refractivity contribution in [3.63, 3.8) is 0 Å². The third kappa shape index (κ3) is 2.93. The predicted octanol–water partition coefficient (Wildman–Crippen LogP) is 2.11. The van der Waals surface area contributed by atoms with Gasteiger partial charge in [0.1, 0.15) is 12.1 Å². The highest BCUT2D eigenvalue weighted by atomic mass is 19.1. The lowest BCUT2D eigenvalue weighted by Crippen LogP contribution is -2.33. The maximum absolute atomic E-state index is 13.0. The molecule has 2 rings (SSSR count). The van der Waals surface area contributed by atoms with Gasteiger partial charge >= 0.3 is 0 Å². The van der Waals surface area contributed by atoms with E-state index in [-0.39, 0.29) is 11.7 Å². The molecule has 0 spiro atoms. The van der Waals surface area contributed by atoms with Crippen LogP contribution in [-0.4, -0.2) is 24.3 Å². The molecule has 0 saturated carbocycles. The molecule has 1 aromatic carbocycles. The van der Waals surface area contributed by atoms with Crippen LogP contribution >= 0.6 is 0 Å². The molecule has 0 unspecified atom stereocenters. The maximum atomic E-state index is 13.0. The van der Waals surface area contributed by atoms with Gasteiger partial charge in [0.25, 0.3) is 0 Å². The van der Waals surface area contributed by atoms with Gasteiger partial charge in [-0.05, 0) is 43.6 Å². The third-order valence-electron chi connectivity index (χ3n) is 3.41. The average Bonchev–Trinajstić information content (AvgIpc) is 2.41. The highest BCUT2D eigenvalue weighted by Gasteiger charge is 2.19. The number of halogens is 1. The van der Waals surface area contributed by atoms with E-state index in [2.05, 4.69) is 4.90 Å². The number of carbonyl (C=O) groups excluding carboxylic acids is 1. The summed E-state index contributed by atoms with van der Waals surface area (Å²) in [6.45, 7) is 2.35. The van der Waals surface area contributed by atoms with Gasteiger partial charge in [-0.15, -0.1) is 0 Å². The largest absolute Gasteiger partial charge is 0.303 e. The fraction of sp³-hybridized carbons (Fsp3) is 0.429. The number of nitriles is 1. The Kier molecular flexibility index (Phi) is 4.06. The topological polar surface area (TPSA) is 44.1 Å². The summed E-state index contributed by atoms with van der Waals surface area (Å²) in [4.78, 5) is 12.9. The van der Waals surface area contributed by atoms with E-state index in [1.807, 2.05) is 6.07 Å². The van der Waals surface area contributed by atoms with Crippen molar-refractivity contribution < 1.29 is 9.18 Å². The summed E-state index contributed by atoms with van der Waals surface area (Å²) in [5.41, 5.74) is 1.25. The Hall–Kier alpha value is -1.73. The van der Waals surface area contributed by atoms with Crippen molar-refractivity contribution in [2.45, 2.75) is 19.4 Å². The van der Waals surface area contributed by atoms with Gasteiger partial charge in [-0.1, -0.05) is 6.07 Å². The van der Waals surface area contributed by atoms with Gasteiger partial charge in [0.05, 0.1) is 11.6 Å². The number of likely N-dealkylation sites (tertiary alicyclic amines) is 1. The molecule has 0 bridgehead atoms.